The van der Waals surface area contributed by atoms with Crippen LogP contribution in [0.15, 0.2) is 53.1 Å². The molecule has 0 saturated heterocycles. The number of furan rings is 1. The second-order valence-electron chi connectivity index (χ2n) is 9.42. The summed E-state index contributed by atoms with van der Waals surface area (Å²) in [5.74, 6) is 1.05. The van der Waals surface area contributed by atoms with Crippen molar-refractivity contribution in [3.8, 4) is 0 Å². The lowest BCUT2D eigenvalue weighted by molar-refractivity contribution is -0.130. The Labute approximate surface area is 217 Å². The molecule has 0 spiro atoms. The molecule has 2 N–H and O–H groups in total. The highest BCUT2D eigenvalue weighted by molar-refractivity contribution is 7.99. The molecule has 2 atom stereocenters. The van der Waals surface area contributed by atoms with Crippen LogP contribution in [0.1, 0.15) is 58.3 Å². The second-order valence-corrected chi connectivity index (χ2v) is 10.4. The summed E-state index contributed by atoms with van der Waals surface area (Å²) in [5.41, 5.74) is 0.311. The number of nitrogens with one attached hydrogen (secondary N) is 2. The van der Waals surface area contributed by atoms with Gasteiger partial charge in [-0.2, -0.15) is 0 Å². The van der Waals surface area contributed by atoms with Crippen LogP contribution in [0.25, 0.3) is 0 Å². The molecule has 36 heavy (non-hydrogen) atoms. The zero-order chi connectivity index (χ0) is 26.4. The molecule has 0 aliphatic carbocycles. The average Bonchev–Trinajstić information content (AvgIpc) is 3.36. The molecule has 1 aromatic heterocycles. The summed E-state index contributed by atoms with van der Waals surface area (Å²) in [4.78, 5) is 38.6. The van der Waals surface area contributed by atoms with Gasteiger partial charge >= 0.3 is 6.09 Å². The molecule has 9 heteroatoms. The SMILES string of the molecule is CCCC[C@H](NC(=O)[C@H](COC(C)(C)C)NC(=O)OCc1ccccc1)C(=O)CSCc1ccco1. The average molecular weight is 519 g/mol. The fourth-order valence-electron chi connectivity index (χ4n) is 3.17. The van der Waals surface area contributed by atoms with Gasteiger partial charge in [-0.05, 0) is 44.9 Å². The van der Waals surface area contributed by atoms with E-state index in [4.69, 9.17) is 13.9 Å². The molecule has 8 nitrogen and oxygen atoms in total. The van der Waals surface area contributed by atoms with Gasteiger partial charge in [0, 0.05) is 0 Å². The third-order valence-electron chi connectivity index (χ3n) is 5.12. The van der Waals surface area contributed by atoms with Crippen molar-refractivity contribution in [3.63, 3.8) is 0 Å². The lowest BCUT2D eigenvalue weighted by Crippen LogP contribution is -2.54. The molecular formula is C27H38N2O6S. The van der Waals surface area contributed by atoms with Gasteiger partial charge in [-0.1, -0.05) is 50.1 Å². The van der Waals surface area contributed by atoms with E-state index in [0.29, 0.717) is 12.2 Å². The first kappa shape index (κ1) is 29.5. The molecular weight excluding hydrogens is 480 g/mol. The molecule has 0 fully saturated rings. The van der Waals surface area contributed by atoms with Crippen LogP contribution in [-0.4, -0.2) is 47.8 Å². The maximum Gasteiger partial charge on any atom is 0.408 e. The maximum absolute atomic E-state index is 13.2. The first-order valence-electron chi connectivity index (χ1n) is 12.2. The zero-order valence-electron chi connectivity index (χ0n) is 21.6. The van der Waals surface area contributed by atoms with E-state index in [0.717, 1.165) is 24.2 Å². The third kappa shape index (κ3) is 11.8. The summed E-state index contributed by atoms with van der Waals surface area (Å²) >= 11 is 1.44. The highest BCUT2D eigenvalue weighted by Gasteiger charge is 2.28. The quantitative estimate of drug-likeness (QED) is 0.346. The van der Waals surface area contributed by atoms with Gasteiger partial charge in [-0.15, -0.1) is 11.8 Å². The number of unbranched alkanes of at least 4 members (excludes halogenated alkanes) is 1. The lowest BCUT2D eigenvalue weighted by atomic mass is 10.1. The number of ketones is 1. The van der Waals surface area contributed by atoms with E-state index in [9.17, 15) is 14.4 Å². The van der Waals surface area contributed by atoms with Crippen molar-refractivity contribution >= 4 is 29.5 Å². The normalized spacial score (nSPS) is 13.0. The topological polar surface area (TPSA) is 107 Å². The summed E-state index contributed by atoms with van der Waals surface area (Å²) in [6.07, 6.45) is 3.06. The van der Waals surface area contributed by atoms with Crippen LogP contribution in [0.2, 0.25) is 0 Å². The van der Waals surface area contributed by atoms with E-state index in [1.807, 2.05) is 64.1 Å². The molecule has 0 unspecified atom stereocenters. The Hall–Kier alpha value is -2.78. The fraction of sp³-hybridized carbons (Fsp3) is 0.519. The second kappa shape index (κ2) is 15.4. The fourth-order valence-corrected chi connectivity index (χ4v) is 4.03. The highest BCUT2D eigenvalue weighted by Crippen LogP contribution is 2.15. The minimum atomic E-state index is -1.01. The predicted molar refractivity (Wildman–Crippen MR) is 141 cm³/mol. The van der Waals surface area contributed by atoms with E-state index in [-0.39, 0.29) is 24.7 Å². The largest absolute Gasteiger partial charge is 0.468 e. The van der Waals surface area contributed by atoms with E-state index >= 15 is 0 Å². The van der Waals surface area contributed by atoms with Gasteiger partial charge in [0.15, 0.2) is 5.78 Å². The molecule has 2 rings (SSSR count). The van der Waals surface area contributed by atoms with Gasteiger partial charge in [0.2, 0.25) is 5.91 Å². The Morgan fingerprint density at radius 2 is 1.78 bits per heavy atom. The molecule has 2 amide bonds. The van der Waals surface area contributed by atoms with E-state index < -0.39 is 29.7 Å². The number of amides is 2. The number of carbonyl (C=O) groups is 3. The van der Waals surface area contributed by atoms with Gasteiger partial charge < -0.3 is 24.5 Å². The molecule has 2 aromatic rings. The standard InChI is InChI=1S/C27H38N2O6S/c1-5-6-14-22(24(30)19-36-18-21-13-10-15-33-21)28-25(31)23(17-35-27(2,3)4)29-26(32)34-16-20-11-8-7-9-12-20/h7-13,15,22-23H,5-6,14,16-19H2,1-4H3,(H,28,31)(H,29,32)/t22-,23-/m0/s1. The number of hydrogen-bond donors (Lipinski definition) is 2. The molecule has 0 bridgehead atoms. The number of ether oxygens (including phenoxy) is 2. The van der Waals surface area contributed by atoms with Crippen molar-refractivity contribution in [3.05, 3.63) is 60.1 Å². The molecule has 0 aliphatic heterocycles. The van der Waals surface area contributed by atoms with Crippen LogP contribution in [-0.2, 0) is 31.4 Å². The van der Waals surface area contributed by atoms with Crippen molar-refractivity contribution < 1.29 is 28.3 Å². The Kier molecular flexibility index (Phi) is 12.6. The van der Waals surface area contributed by atoms with Crippen LogP contribution < -0.4 is 10.6 Å². The molecule has 0 saturated carbocycles. The van der Waals surface area contributed by atoms with Crippen LogP contribution >= 0.6 is 11.8 Å². The summed E-state index contributed by atoms with van der Waals surface area (Å²) in [7, 11) is 0. The monoisotopic (exact) mass is 518 g/mol. The summed E-state index contributed by atoms with van der Waals surface area (Å²) in [5, 5.41) is 5.43. The predicted octanol–water partition coefficient (Wildman–Crippen LogP) is 4.87. The van der Waals surface area contributed by atoms with Crippen molar-refractivity contribution in [2.24, 2.45) is 0 Å². The van der Waals surface area contributed by atoms with Crippen molar-refractivity contribution in [1.82, 2.24) is 10.6 Å². The van der Waals surface area contributed by atoms with Crippen molar-refractivity contribution in [2.45, 2.75) is 77.0 Å². The third-order valence-corrected chi connectivity index (χ3v) is 6.10. The van der Waals surface area contributed by atoms with Crippen LogP contribution in [0.4, 0.5) is 4.79 Å². The Morgan fingerprint density at radius 1 is 1.03 bits per heavy atom. The number of rotatable bonds is 15. The molecule has 1 aromatic carbocycles. The van der Waals surface area contributed by atoms with Crippen molar-refractivity contribution in [1.29, 1.82) is 0 Å². The minimum Gasteiger partial charge on any atom is -0.468 e. The number of Topliss-reactive ketones (excluding diaryl/α,β-unsaturated/α-hetero) is 1. The van der Waals surface area contributed by atoms with E-state index in [1.165, 1.54) is 11.8 Å². The highest BCUT2D eigenvalue weighted by atomic mass is 32.2. The summed E-state index contributed by atoms with van der Waals surface area (Å²) in [6, 6.07) is 11.3. The van der Waals surface area contributed by atoms with Gasteiger partial charge in [0.25, 0.3) is 0 Å². The van der Waals surface area contributed by atoms with E-state index in [1.54, 1.807) is 12.3 Å². The van der Waals surface area contributed by atoms with Crippen LogP contribution in [0.5, 0.6) is 0 Å². The smallest absolute Gasteiger partial charge is 0.408 e. The molecule has 1 heterocycles. The number of alkyl carbamates (subject to hydrolysis) is 1. The van der Waals surface area contributed by atoms with Crippen molar-refractivity contribution in [2.75, 3.05) is 12.4 Å². The first-order valence-corrected chi connectivity index (χ1v) is 13.4. The maximum atomic E-state index is 13.2. The summed E-state index contributed by atoms with van der Waals surface area (Å²) < 4.78 is 16.4. The van der Waals surface area contributed by atoms with Gasteiger partial charge in [0.05, 0.1) is 36.0 Å². The molecule has 0 radical (unpaired) electrons. The van der Waals surface area contributed by atoms with Crippen LogP contribution in [0.3, 0.4) is 0 Å². The number of carbonyl (C=O) groups excluding carboxylic acids is 3. The van der Waals surface area contributed by atoms with Gasteiger partial charge in [0.1, 0.15) is 18.4 Å². The van der Waals surface area contributed by atoms with Gasteiger partial charge in [-0.25, -0.2) is 4.79 Å². The molecule has 0 aliphatic rings. The minimum absolute atomic E-state index is 0.0578. The Balaban J connectivity index is 1.98. The van der Waals surface area contributed by atoms with Gasteiger partial charge in [-0.3, -0.25) is 9.59 Å². The Morgan fingerprint density at radius 3 is 2.42 bits per heavy atom. The Bertz CT molecular complexity index is 927. The summed E-state index contributed by atoms with van der Waals surface area (Å²) in [6.45, 7) is 7.63. The van der Waals surface area contributed by atoms with Crippen LogP contribution in [0, 0.1) is 0 Å². The number of thioether (sulfide) groups is 1. The van der Waals surface area contributed by atoms with E-state index in [2.05, 4.69) is 10.6 Å². The number of hydrogen-bond acceptors (Lipinski definition) is 7. The molecule has 198 valence electrons. The first-order chi connectivity index (χ1) is 17.2. The number of benzene rings is 1. The lowest BCUT2D eigenvalue weighted by Gasteiger charge is -2.26. The zero-order valence-corrected chi connectivity index (χ0v) is 22.4.